The summed E-state index contributed by atoms with van der Waals surface area (Å²) in [5.41, 5.74) is 1.90. The normalized spacial score (nSPS) is 10.5. The van der Waals surface area contributed by atoms with E-state index in [1.165, 1.54) is 0 Å². The fourth-order valence-electron chi connectivity index (χ4n) is 2.10. The molecule has 0 unspecified atom stereocenters. The Balaban J connectivity index is 2.12. The molecule has 1 heterocycles. The fourth-order valence-corrected chi connectivity index (χ4v) is 2.79. The molecule has 3 rings (SSSR count). The quantitative estimate of drug-likeness (QED) is 0.573. The third-order valence-electron chi connectivity index (χ3n) is 3.10. The molecule has 0 saturated heterocycles. The number of hydrogen-bond donors (Lipinski definition) is 1. The van der Waals surface area contributed by atoms with Gasteiger partial charge in [0, 0.05) is 17.0 Å². The zero-order valence-corrected chi connectivity index (χ0v) is 12.7. The number of hydrogen-bond acceptors (Lipinski definition) is 4. The number of thioether (sulfide) groups is 1. The predicted octanol–water partition coefficient (Wildman–Crippen LogP) is 3.92. The van der Waals surface area contributed by atoms with Gasteiger partial charge in [0.05, 0.1) is 0 Å². The maximum absolute atomic E-state index is 9.45. The van der Waals surface area contributed by atoms with Crippen molar-refractivity contribution in [2.45, 2.75) is 5.16 Å². The van der Waals surface area contributed by atoms with Crippen molar-refractivity contribution in [3.63, 3.8) is 0 Å². The van der Waals surface area contributed by atoms with E-state index in [0.717, 1.165) is 28.0 Å². The first kappa shape index (κ1) is 14.4. The van der Waals surface area contributed by atoms with Gasteiger partial charge >= 0.3 is 0 Å². The van der Waals surface area contributed by atoms with Crippen LogP contribution in [0.2, 0.25) is 0 Å². The monoisotopic (exact) mass is 309 g/mol. The van der Waals surface area contributed by atoms with E-state index in [1.807, 2.05) is 53.1 Å². The van der Waals surface area contributed by atoms with Crippen molar-refractivity contribution >= 4 is 11.8 Å². The van der Waals surface area contributed by atoms with Crippen LogP contribution in [0.25, 0.3) is 17.1 Å². The van der Waals surface area contributed by atoms with Gasteiger partial charge in [-0.3, -0.25) is 4.57 Å². The van der Waals surface area contributed by atoms with Crippen LogP contribution in [-0.4, -0.2) is 25.6 Å². The second-order valence-electron chi connectivity index (χ2n) is 4.62. The Hall–Kier alpha value is -2.53. The van der Waals surface area contributed by atoms with Gasteiger partial charge in [0.25, 0.3) is 0 Å². The lowest BCUT2D eigenvalue weighted by Crippen LogP contribution is -1.99. The molecule has 0 bridgehead atoms. The van der Waals surface area contributed by atoms with E-state index in [-0.39, 0.29) is 5.75 Å². The first-order chi connectivity index (χ1) is 10.8. The molecule has 1 N–H and O–H groups in total. The summed E-state index contributed by atoms with van der Waals surface area (Å²) in [5.74, 6) is 1.74. The first-order valence-electron chi connectivity index (χ1n) is 6.83. The van der Waals surface area contributed by atoms with Crippen molar-refractivity contribution in [2.75, 3.05) is 5.75 Å². The third-order valence-corrected chi connectivity index (χ3v) is 4.03. The zero-order valence-electron chi connectivity index (χ0n) is 11.9. The minimum Gasteiger partial charge on any atom is -0.508 e. The third kappa shape index (κ3) is 2.89. The van der Waals surface area contributed by atoms with Crippen molar-refractivity contribution in [2.24, 2.45) is 0 Å². The van der Waals surface area contributed by atoms with Crippen molar-refractivity contribution in [1.82, 2.24) is 14.8 Å². The molecule has 0 fully saturated rings. The van der Waals surface area contributed by atoms with Crippen LogP contribution in [0.15, 0.2) is 72.4 Å². The molecule has 0 aliphatic heterocycles. The first-order valence-corrected chi connectivity index (χ1v) is 7.82. The van der Waals surface area contributed by atoms with Gasteiger partial charge in [-0.1, -0.05) is 36.0 Å². The second kappa shape index (κ2) is 6.49. The molecule has 0 amide bonds. The van der Waals surface area contributed by atoms with Gasteiger partial charge in [-0.05, 0) is 36.4 Å². The minimum absolute atomic E-state index is 0.232. The van der Waals surface area contributed by atoms with Crippen LogP contribution >= 0.6 is 11.8 Å². The maximum Gasteiger partial charge on any atom is 0.196 e. The number of phenolic OH excluding ortho intramolecular Hbond substituents is 1. The fraction of sp³-hybridized carbons (Fsp3) is 0.0588. The summed E-state index contributed by atoms with van der Waals surface area (Å²) in [6.07, 6.45) is 1.84. The number of rotatable bonds is 5. The van der Waals surface area contributed by atoms with Crippen LogP contribution in [0.3, 0.4) is 0 Å². The number of aromatic hydroxyl groups is 1. The SMILES string of the molecule is C=CCSc1nnc(-c2ccc(O)cc2)n1-c1ccccc1. The smallest absolute Gasteiger partial charge is 0.196 e. The van der Waals surface area contributed by atoms with Crippen LogP contribution in [0, 0.1) is 0 Å². The van der Waals surface area contributed by atoms with Gasteiger partial charge in [0.1, 0.15) is 5.75 Å². The van der Waals surface area contributed by atoms with Gasteiger partial charge in [-0.15, -0.1) is 16.8 Å². The van der Waals surface area contributed by atoms with E-state index in [9.17, 15) is 5.11 Å². The number of para-hydroxylation sites is 1. The Kier molecular flexibility index (Phi) is 4.25. The van der Waals surface area contributed by atoms with Crippen molar-refractivity contribution < 1.29 is 5.11 Å². The van der Waals surface area contributed by atoms with Gasteiger partial charge in [0.15, 0.2) is 11.0 Å². The molecule has 1 aromatic heterocycles. The van der Waals surface area contributed by atoms with Gasteiger partial charge < -0.3 is 5.11 Å². The lowest BCUT2D eigenvalue weighted by Gasteiger charge is -2.09. The molecule has 2 aromatic carbocycles. The summed E-state index contributed by atoms with van der Waals surface area (Å²) in [6.45, 7) is 3.75. The summed E-state index contributed by atoms with van der Waals surface area (Å²) in [6, 6.07) is 16.9. The highest BCUT2D eigenvalue weighted by Crippen LogP contribution is 2.28. The molecule has 5 heteroatoms. The molecule has 22 heavy (non-hydrogen) atoms. The number of phenols is 1. The highest BCUT2D eigenvalue weighted by atomic mass is 32.2. The zero-order chi connectivity index (χ0) is 15.4. The van der Waals surface area contributed by atoms with E-state index < -0.39 is 0 Å². The van der Waals surface area contributed by atoms with Crippen LogP contribution in [0.5, 0.6) is 5.75 Å². The Bertz CT molecular complexity index is 766. The molecule has 0 radical (unpaired) electrons. The van der Waals surface area contributed by atoms with Crippen LogP contribution < -0.4 is 0 Å². The number of benzene rings is 2. The summed E-state index contributed by atoms with van der Waals surface area (Å²) in [4.78, 5) is 0. The maximum atomic E-state index is 9.45. The van der Waals surface area contributed by atoms with E-state index in [4.69, 9.17) is 0 Å². The van der Waals surface area contributed by atoms with Gasteiger partial charge in [0.2, 0.25) is 0 Å². The largest absolute Gasteiger partial charge is 0.508 e. The lowest BCUT2D eigenvalue weighted by atomic mass is 10.2. The molecule has 0 aliphatic carbocycles. The number of nitrogens with zero attached hydrogens (tertiary/aromatic N) is 3. The molecule has 0 spiro atoms. The Morgan fingerprint density at radius 1 is 1.05 bits per heavy atom. The van der Waals surface area contributed by atoms with Crippen LogP contribution in [-0.2, 0) is 0 Å². The number of aromatic nitrogens is 3. The summed E-state index contributed by atoms with van der Waals surface area (Å²) in [7, 11) is 0. The van der Waals surface area contributed by atoms with Crippen molar-refractivity contribution in [3.8, 4) is 22.8 Å². The van der Waals surface area contributed by atoms with Crippen molar-refractivity contribution in [3.05, 3.63) is 67.3 Å². The summed E-state index contributed by atoms with van der Waals surface area (Å²) >= 11 is 1.58. The van der Waals surface area contributed by atoms with Gasteiger partial charge in [-0.2, -0.15) is 0 Å². The van der Waals surface area contributed by atoms with E-state index >= 15 is 0 Å². The summed E-state index contributed by atoms with van der Waals surface area (Å²) < 4.78 is 2.01. The standard InChI is InChI=1S/C17H15N3OS/c1-2-12-22-17-19-18-16(13-8-10-15(21)11-9-13)20(17)14-6-4-3-5-7-14/h2-11,21H,1,12H2. The lowest BCUT2D eigenvalue weighted by molar-refractivity contribution is 0.475. The Morgan fingerprint density at radius 3 is 2.45 bits per heavy atom. The van der Waals surface area contributed by atoms with Crippen LogP contribution in [0.1, 0.15) is 0 Å². The molecule has 4 nitrogen and oxygen atoms in total. The topological polar surface area (TPSA) is 50.9 Å². The van der Waals surface area contributed by atoms with E-state index in [2.05, 4.69) is 16.8 Å². The average Bonchev–Trinajstić information content (AvgIpc) is 2.98. The highest BCUT2D eigenvalue weighted by Gasteiger charge is 2.15. The Morgan fingerprint density at radius 2 is 1.77 bits per heavy atom. The molecular weight excluding hydrogens is 294 g/mol. The van der Waals surface area contributed by atoms with Crippen molar-refractivity contribution in [1.29, 1.82) is 0 Å². The predicted molar refractivity (Wildman–Crippen MR) is 89.4 cm³/mol. The van der Waals surface area contributed by atoms with E-state index in [1.54, 1.807) is 23.9 Å². The molecule has 110 valence electrons. The highest BCUT2D eigenvalue weighted by molar-refractivity contribution is 7.99. The molecule has 0 aliphatic rings. The average molecular weight is 309 g/mol. The molecule has 0 atom stereocenters. The van der Waals surface area contributed by atoms with Crippen LogP contribution in [0.4, 0.5) is 0 Å². The molecule has 0 saturated carbocycles. The summed E-state index contributed by atoms with van der Waals surface area (Å²) in [5, 5.41) is 18.9. The van der Waals surface area contributed by atoms with E-state index in [0.29, 0.717) is 0 Å². The second-order valence-corrected chi connectivity index (χ2v) is 5.61. The Labute approximate surface area is 133 Å². The minimum atomic E-state index is 0.232. The molecule has 3 aromatic rings. The molecular formula is C17H15N3OS. The van der Waals surface area contributed by atoms with Gasteiger partial charge in [-0.25, -0.2) is 0 Å².